The second kappa shape index (κ2) is 5.56. The number of benzene rings is 1. The fourth-order valence-electron chi connectivity index (χ4n) is 1.77. The van der Waals surface area contributed by atoms with E-state index in [4.69, 9.17) is 5.11 Å². The van der Waals surface area contributed by atoms with Gasteiger partial charge in [-0.05, 0) is 23.8 Å². The molecule has 0 spiro atoms. The molecule has 0 unspecified atom stereocenters. The van der Waals surface area contributed by atoms with Crippen molar-refractivity contribution in [3.8, 4) is 5.75 Å². The average molecular weight is 261 g/mol. The van der Waals surface area contributed by atoms with E-state index >= 15 is 0 Å². The van der Waals surface area contributed by atoms with E-state index in [9.17, 15) is 4.39 Å². The second-order valence-electron chi connectivity index (χ2n) is 4.43. The third kappa shape index (κ3) is 3.13. The Hall–Kier alpha value is -2.30. The molecule has 0 aliphatic carbocycles. The first kappa shape index (κ1) is 13.1. The van der Waals surface area contributed by atoms with Gasteiger partial charge in [-0.3, -0.25) is 4.98 Å². The summed E-state index contributed by atoms with van der Waals surface area (Å²) in [6, 6.07) is 6.24. The molecule has 100 valence electrons. The van der Waals surface area contributed by atoms with Gasteiger partial charge < -0.3 is 15.3 Å². The van der Waals surface area contributed by atoms with Gasteiger partial charge in [-0.2, -0.15) is 0 Å². The standard InChI is InChI=1S/C14H16FN3O/c1-18(2)13-5-6-16-9-12(13)17-8-10-3-4-14(19)11(15)7-10/h3-7,9,17,19H,8H2,1-2H3. The highest BCUT2D eigenvalue weighted by atomic mass is 19.1. The summed E-state index contributed by atoms with van der Waals surface area (Å²) >= 11 is 0. The van der Waals surface area contributed by atoms with Gasteiger partial charge in [0, 0.05) is 26.8 Å². The zero-order valence-corrected chi connectivity index (χ0v) is 10.9. The van der Waals surface area contributed by atoms with Crippen molar-refractivity contribution in [3.63, 3.8) is 0 Å². The predicted molar refractivity (Wildman–Crippen MR) is 74.0 cm³/mol. The minimum atomic E-state index is -0.613. The summed E-state index contributed by atoms with van der Waals surface area (Å²) in [5.41, 5.74) is 2.64. The molecule has 19 heavy (non-hydrogen) atoms. The summed E-state index contributed by atoms with van der Waals surface area (Å²) in [7, 11) is 3.89. The zero-order valence-electron chi connectivity index (χ0n) is 10.9. The van der Waals surface area contributed by atoms with Crippen LogP contribution < -0.4 is 10.2 Å². The van der Waals surface area contributed by atoms with Gasteiger partial charge in [-0.1, -0.05) is 6.07 Å². The lowest BCUT2D eigenvalue weighted by Gasteiger charge is -2.17. The smallest absolute Gasteiger partial charge is 0.165 e. The maximum Gasteiger partial charge on any atom is 0.165 e. The number of hydrogen-bond donors (Lipinski definition) is 2. The van der Waals surface area contributed by atoms with Crippen molar-refractivity contribution >= 4 is 11.4 Å². The summed E-state index contributed by atoms with van der Waals surface area (Å²) in [5.74, 6) is -0.947. The van der Waals surface area contributed by atoms with Crippen LogP contribution in [0.3, 0.4) is 0 Å². The molecule has 0 radical (unpaired) electrons. The molecule has 1 aromatic carbocycles. The van der Waals surface area contributed by atoms with Crippen LogP contribution in [-0.4, -0.2) is 24.2 Å². The number of anilines is 2. The van der Waals surface area contributed by atoms with Crippen molar-refractivity contribution in [1.29, 1.82) is 0 Å². The Kier molecular flexibility index (Phi) is 3.85. The normalized spacial score (nSPS) is 10.3. The van der Waals surface area contributed by atoms with Gasteiger partial charge in [0.2, 0.25) is 0 Å². The van der Waals surface area contributed by atoms with E-state index in [1.54, 1.807) is 18.5 Å². The van der Waals surface area contributed by atoms with E-state index in [1.807, 2.05) is 25.1 Å². The van der Waals surface area contributed by atoms with E-state index in [0.29, 0.717) is 6.54 Å². The molecule has 2 aromatic rings. The first-order chi connectivity index (χ1) is 9.08. The fourth-order valence-corrected chi connectivity index (χ4v) is 1.77. The molecular weight excluding hydrogens is 245 g/mol. The fraction of sp³-hybridized carbons (Fsp3) is 0.214. The Labute approximate surface area is 111 Å². The minimum absolute atomic E-state index is 0.334. The van der Waals surface area contributed by atoms with Crippen LogP contribution >= 0.6 is 0 Å². The van der Waals surface area contributed by atoms with Crippen molar-refractivity contribution in [2.45, 2.75) is 6.54 Å². The predicted octanol–water partition coefficient (Wildman–Crippen LogP) is 2.60. The Morgan fingerprint density at radius 1 is 1.32 bits per heavy atom. The summed E-state index contributed by atoms with van der Waals surface area (Å²) in [5, 5.41) is 12.3. The highest BCUT2D eigenvalue weighted by Crippen LogP contribution is 2.23. The molecule has 0 atom stereocenters. The second-order valence-corrected chi connectivity index (χ2v) is 4.43. The molecule has 0 aliphatic rings. The number of phenols is 1. The van der Waals surface area contributed by atoms with Crippen LogP contribution in [0.1, 0.15) is 5.56 Å². The Balaban J connectivity index is 2.12. The summed E-state index contributed by atoms with van der Waals surface area (Å²) < 4.78 is 13.2. The van der Waals surface area contributed by atoms with Crippen LogP contribution in [0.5, 0.6) is 5.75 Å². The van der Waals surface area contributed by atoms with Crippen molar-refractivity contribution in [3.05, 3.63) is 48.0 Å². The van der Waals surface area contributed by atoms with Gasteiger partial charge in [-0.25, -0.2) is 4.39 Å². The lowest BCUT2D eigenvalue weighted by atomic mass is 10.2. The van der Waals surface area contributed by atoms with Crippen molar-refractivity contribution in [2.75, 3.05) is 24.3 Å². The highest BCUT2D eigenvalue weighted by molar-refractivity contribution is 5.68. The van der Waals surface area contributed by atoms with Crippen molar-refractivity contribution < 1.29 is 9.50 Å². The quantitative estimate of drug-likeness (QED) is 0.888. The van der Waals surface area contributed by atoms with Gasteiger partial charge in [-0.15, -0.1) is 0 Å². The molecule has 0 saturated carbocycles. The van der Waals surface area contributed by atoms with Crippen LogP contribution in [0.15, 0.2) is 36.7 Å². The Bertz CT molecular complexity index is 572. The third-order valence-electron chi connectivity index (χ3n) is 2.77. The van der Waals surface area contributed by atoms with E-state index in [-0.39, 0.29) is 5.75 Å². The Morgan fingerprint density at radius 2 is 2.11 bits per heavy atom. The molecule has 0 saturated heterocycles. The van der Waals surface area contributed by atoms with Crippen molar-refractivity contribution in [1.82, 2.24) is 4.98 Å². The van der Waals surface area contributed by atoms with E-state index in [1.165, 1.54) is 12.1 Å². The number of pyridine rings is 1. The molecule has 0 bridgehead atoms. The van der Waals surface area contributed by atoms with Crippen LogP contribution in [0.2, 0.25) is 0 Å². The van der Waals surface area contributed by atoms with E-state index in [0.717, 1.165) is 16.9 Å². The number of phenolic OH excluding ortho intramolecular Hbond substituents is 1. The lowest BCUT2D eigenvalue weighted by molar-refractivity contribution is 0.432. The number of halogens is 1. The summed E-state index contributed by atoms with van der Waals surface area (Å²) in [4.78, 5) is 6.04. The number of nitrogens with one attached hydrogen (secondary N) is 1. The summed E-state index contributed by atoms with van der Waals surface area (Å²) in [6.07, 6.45) is 3.45. The maximum absolute atomic E-state index is 13.2. The number of hydrogen-bond acceptors (Lipinski definition) is 4. The van der Waals surface area contributed by atoms with E-state index in [2.05, 4.69) is 10.3 Å². The number of aromatic nitrogens is 1. The summed E-state index contributed by atoms with van der Waals surface area (Å²) in [6.45, 7) is 0.462. The molecule has 0 amide bonds. The van der Waals surface area contributed by atoms with Gasteiger partial charge in [0.25, 0.3) is 0 Å². The molecule has 1 heterocycles. The van der Waals surface area contributed by atoms with Gasteiger partial charge in [0.15, 0.2) is 11.6 Å². The number of aromatic hydroxyl groups is 1. The molecule has 2 N–H and O–H groups in total. The van der Waals surface area contributed by atoms with Crippen LogP contribution in [0, 0.1) is 5.82 Å². The van der Waals surface area contributed by atoms with E-state index < -0.39 is 5.82 Å². The molecule has 1 aromatic heterocycles. The Morgan fingerprint density at radius 3 is 2.79 bits per heavy atom. The van der Waals surface area contributed by atoms with Gasteiger partial charge >= 0.3 is 0 Å². The number of rotatable bonds is 4. The topological polar surface area (TPSA) is 48.4 Å². The molecule has 0 aliphatic heterocycles. The van der Waals surface area contributed by atoms with Crippen LogP contribution in [0.4, 0.5) is 15.8 Å². The molecule has 0 fully saturated rings. The first-order valence-corrected chi connectivity index (χ1v) is 5.90. The molecule has 4 nitrogen and oxygen atoms in total. The minimum Gasteiger partial charge on any atom is -0.505 e. The maximum atomic E-state index is 13.2. The molecule has 2 rings (SSSR count). The SMILES string of the molecule is CN(C)c1ccncc1NCc1ccc(O)c(F)c1. The first-order valence-electron chi connectivity index (χ1n) is 5.90. The largest absolute Gasteiger partial charge is 0.505 e. The van der Waals surface area contributed by atoms with Crippen LogP contribution in [0.25, 0.3) is 0 Å². The highest BCUT2D eigenvalue weighted by Gasteiger charge is 2.05. The monoisotopic (exact) mass is 261 g/mol. The van der Waals surface area contributed by atoms with Crippen LogP contribution in [-0.2, 0) is 6.54 Å². The van der Waals surface area contributed by atoms with Gasteiger partial charge in [0.1, 0.15) is 0 Å². The lowest BCUT2D eigenvalue weighted by Crippen LogP contribution is -2.12. The van der Waals surface area contributed by atoms with Crippen molar-refractivity contribution in [2.24, 2.45) is 0 Å². The molecular formula is C14H16FN3O. The average Bonchev–Trinajstić information content (AvgIpc) is 2.40. The zero-order chi connectivity index (χ0) is 13.8. The van der Waals surface area contributed by atoms with Gasteiger partial charge in [0.05, 0.1) is 17.6 Å². The number of nitrogens with zero attached hydrogens (tertiary/aromatic N) is 2. The third-order valence-corrected chi connectivity index (χ3v) is 2.77. The molecule has 5 heteroatoms.